The lowest BCUT2D eigenvalue weighted by Gasteiger charge is -2.34. The molecule has 0 radical (unpaired) electrons. The van der Waals surface area contributed by atoms with Crippen molar-refractivity contribution in [2.24, 2.45) is 0 Å². The molecule has 0 spiro atoms. The summed E-state index contributed by atoms with van der Waals surface area (Å²) in [7, 11) is -3.18. The van der Waals surface area contributed by atoms with Crippen molar-refractivity contribution in [1.29, 1.82) is 0 Å². The molecule has 0 saturated carbocycles. The largest absolute Gasteiger partial charge is 0.354 e. The Hall–Kier alpha value is -1.73. The van der Waals surface area contributed by atoms with Gasteiger partial charge in [-0.25, -0.2) is 18.1 Å². The summed E-state index contributed by atoms with van der Waals surface area (Å²) in [5.74, 6) is 0.876. The van der Waals surface area contributed by atoms with Crippen LogP contribution in [0.15, 0.2) is 30.6 Å². The minimum Gasteiger partial charge on any atom is -0.354 e. The quantitative estimate of drug-likeness (QED) is 0.920. The number of hydrogen-bond donors (Lipinski definition) is 1. The fourth-order valence-electron chi connectivity index (χ4n) is 2.81. The zero-order valence-electron chi connectivity index (χ0n) is 11.9. The maximum Gasteiger partial charge on any atom is 0.209 e. The molecule has 1 unspecified atom stereocenters. The van der Waals surface area contributed by atoms with Gasteiger partial charge in [-0.2, -0.15) is 0 Å². The Labute approximate surface area is 124 Å². The molecule has 1 aliphatic rings. The lowest BCUT2D eigenvalue weighted by molar-refractivity contribution is 0.466. The number of fused-ring (bicyclic) bond motifs is 1. The van der Waals surface area contributed by atoms with Gasteiger partial charge in [-0.3, -0.25) is 4.98 Å². The summed E-state index contributed by atoms with van der Waals surface area (Å²) >= 11 is 0. The van der Waals surface area contributed by atoms with Crippen LogP contribution in [0.4, 0.5) is 5.82 Å². The second-order valence-corrected chi connectivity index (χ2v) is 7.16. The van der Waals surface area contributed by atoms with E-state index in [-0.39, 0.29) is 6.04 Å². The molecule has 7 heteroatoms. The summed E-state index contributed by atoms with van der Waals surface area (Å²) in [5, 5.41) is 1.00. The van der Waals surface area contributed by atoms with Crippen molar-refractivity contribution in [3.05, 3.63) is 30.6 Å². The van der Waals surface area contributed by atoms with Crippen LogP contribution in [0.1, 0.15) is 12.8 Å². The molecule has 21 heavy (non-hydrogen) atoms. The van der Waals surface area contributed by atoms with Gasteiger partial charge in [0.1, 0.15) is 5.82 Å². The molecular weight excluding hydrogens is 288 g/mol. The number of rotatable bonds is 3. The fraction of sp³-hybridized carbons (Fsp3) is 0.429. The van der Waals surface area contributed by atoms with Crippen LogP contribution < -0.4 is 9.62 Å². The second kappa shape index (κ2) is 5.57. The van der Waals surface area contributed by atoms with E-state index in [0.717, 1.165) is 36.1 Å². The van der Waals surface area contributed by atoms with Crippen molar-refractivity contribution < 1.29 is 8.42 Å². The molecule has 6 nitrogen and oxygen atoms in total. The normalized spacial score (nSPS) is 19.9. The lowest BCUT2D eigenvalue weighted by Crippen LogP contribution is -2.47. The Morgan fingerprint density at radius 2 is 2.14 bits per heavy atom. The van der Waals surface area contributed by atoms with Crippen molar-refractivity contribution in [3.8, 4) is 0 Å². The van der Waals surface area contributed by atoms with Gasteiger partial charge in [-0.15, -0.1) is 0 Å². The Balaban J connectivity index is 1.88. The summed E-state index contributed by atoms with van der Waals surface area (Å²) < 4.78 is 25.5. The van der Waals surface area contributed by atoms with Crippen molar-refractivity contribution in [1.82, 2.24) is 14.7 Å². The Kier molecular flexibility index (Phi) is 3.77. The van der Waals surface area contributed by atoms with Gasteiger partial charge in [0.05, 0.1) is 11.8 Å². The summed E-state index contributed by atoms with van der Waals surface area (Å²) in [6, 6.07) is 5.71. The molecule has 2 aromatic rings. The van der Waals surface area contributed by atoms with Crippen LogP contribution in [0.2, 0.25) is 0 Å². The number of anilines is 1. The Morgan fingerprint density at radius 1 is 1.29 bits per heavy atom. The van der Waals surface area contributed by atoms with Gasteiger partial charge in [0, 0.05) is 36.9 Å². The summed E-state index contributed by atoms with van der Waals surface area (Å²) in [6.45, 7) is 1.51. The third-order valence-electron chi connectivity index (χ3n) is 3.61. The Morgan fingerprint density at radius 3 is 2.95 bits per heavy atom. The van der Waals surface area contributed by atoms with Crippen molar-refractivity contribution in [2.75, 3.05) is 24.2 Å². The van der Waals surface area contributed by atoms with Crippen molar-refractivity contribution in [3.63, 3.8) is 0 Å². The van der Waals surface area contributed by atoms with Gasteiger partial charge < -0.3 is 4.90 Å². The highest BCUT2D eigenvalue weighted by Crippen LogP contribution is 2.25. The van der Waals surface area contributed by atoms with Gasteiger partial charge >= 0.3 is 0 Å². The van der Waals surface area contributed by atoms with E-state index in [9.17, 15) is 8.42 Å². The molecule has 0 aromatic carbocycles. The smallest absolute Gasteiger partial charge is 0.209 e. The number of nitrogens with one attached hydrogen (secondary N) is 1. The number of piperidine rings is 1. The second-order valence-electron chi connectivity index (χ2n) is 5.38. The number of aromatic nitrogens is 2. The fourth-order valence-corrected chi connectivity index (χ4v) is 3.61. The highest BCUT2D eigenvalue weighted by Gasteiger charge is 2.24. The van der Waals surface area contributed by atoms with Crippen LogP contribution in [-0.4, -0.2) is 43.8 Å². The molecule has 0 aliphatic carbocycles. The van der Waals surface area contributed by atoms with Gasteiger partial charge in [0.2, 0.25) is 10.0 Å². The first kappa shape index (κ1) is 14.2. The van der Waals surface area contributed by atoms with E-state index in [1.165, 1.54) is 6.26 Å². The molecule has 2 aromatic heterocycles. The van der Waals surface area contributed by atoms with E-state index in [1.807, 2.05) is 18.2 Å². The van der Waals surface area contributed by atoms with Crippen LogP contribution in [-0.2, 0) is 10.0 Å². The van der Waals surface area contributed by atoms with Crippen LogP contribution in [0.3, 0.4) is 0 Å². The zero-order chi connectivity index (χ0) is 14.9. The zero-order valence-corrected chi connectivity index (χ0v) is 12.7. The summed E-state index contributed by atoms with van der Waals surface area (Å²) in [6.07, 6.45) is 6.50. The highest BCUT2D eigenvalue weighted by atomic mass is 32.2. The predicted octanol–water partition coefficient (Wildman–Crippen LogP) is 1.15. The average molecular weight is 306 g/mol. The van der Waals surface area contributed by atoms with E-state index < -0.39 is 10.0 Å². The van der Waals surface area contributed by atoms with E-state index in [4.69, 9.17) is 0 Å². The standard InChI is InChI=1S/C14H18N4O2S/c1-21(19,20)17-11-4-3-9-18(10-11)14-12-5-2-7-15-13(12)6-8-16-14/h2,5-8,11,17H,3-4,9-10H2,1H3. The molecule has 1 aliphatic heterocycles. The molecule has 0 amide bonds. The third-order valence-corrected chi connectivity index (χ3v) is 4.37. The third kappa shape index (κ3) is 3.30. The van der Waals surface area contributed by atoms with Gasteiger partial charge in [0.25, 0.3) is 0 Å². The van der Waals surface area contributed by atoms with E-state index in [1.54, 1.807) is 12.4 Å². The van der Waals surface area contributed by atoms with Crippen LogP contribution in [0.25, 0.3) is 10.9 Å². The van der Waals surface area contributed by atoms with E-state index in [2.05, 4.69) is 19.6 Å². The van der Waals surface area contributed by atoms with E-state index in [0.29, 0.717) is 6.54 Å². The SMILES string of the molecule is CS(=O)(=O)NC1CCCN(c2nccc3ncccc23)C1. The highest BCUT2D eigenvalue weighted by molar-refractivity contribution is 7.88. The van der Waals surface area contributed by atoms with Crippen molar-refractivity contribution in [2.45, 2.75) is 18.9 Å². The first-order chi connectivity index (χ1) is 10.0. The first-order valence-corrected chi connectivity index (χ1v) is 8.84. The van der Waals surface area contributed by atoms with Gasteiger partial charge in [0.15, 0.2) is 0 Å². The minimum absolute atomic E-state index is 0.0672. The number of hydrogen-bond acceptors (Lipinski definition) is 5. The predicted molar refractivity (Wildman–Crippen MR) is 82.8 cm³/mol. The molecule has 112 valence electrons. The molecular formula is C14H18N4O2S. The average Bonchev–Trinajstić information content (AvgIpc) is 2.45. The minimum atomic E-state index is -3.18. The van der Waals surface area contributed by atoms with E-state index >= 15 is 0 Å². The number of pyridine rings is 2. The topological polar surface area (TPSA) is 75.2 Å². The van der Waals surface area contributed by atoms with Crippen LogP contribution in [0, 0.1) is 0 Å². The molecule has 1 fully saturated rings. The molecule has 3 rings (SSSR count). The van der Waals surface area contributed by atoms with Crippen molar-refractivity contribution >= 4 is 26.7 Å². The molecule has 0 bridgehead atoms. The van der Waals surface area contributed by atoms with Crippen LogP contribution >= 0.6 is 0 Å². The first-order valence-electron chi connectivity index (χ1n) is 6.95. The van der Waals surface area contributed by atoms with Gasteiger partial charge in [-0.05, 0) is 31.0 Å². The summed E-state index contributed by atoms with van der Waals surface area (Å²) in [4.78, 5) is 10.9. The lowest BCUT2D eigenvalue weighted by atomic mass is 10.1. The van der Waals surface area contributed by atoms with Gasteiger partial charge in [-0.1, -0.05) is 0 Å². The summed E-state index contributed by atoms with van der Waals surface area (Å²) in [5.41, 5.74) is 0.903. The molecule has 1 N–H and O–H groups in total. The maximum atomic E-state index is 11.4. The maximum absolute atomic E-state index is 11.4. The number of sulfonamides is 1. The molecule has 1 atom stereocenters. The van der Waals surface area contributed by atoms with Crippen LogP contribution in [0.5, 0.6) is 0 Å². The Bertz CT molecular complexity index is 742. The number of nitrogens with zero attached hydrogens (tertiary/aromatic N) is 3. The molecule has 3 heterocycles. The monoisotopic (exact) mass is 306 g/mol. The molecule has 1 saturated heterocycles.